The van der Waals surface area contributed by atoms with Gasteiger partial charge in [-0.1, -0.05) is 20.8 Å². The van der Waals surface area contributed by atoms with Crippen LogP contribution in [0.1, 0.15) is 91.4 Å². The monoisotopic (exact) mass is 615 g/mol. The van der Waals surface area contributed by atoms with Crippen LogP contribution < -0.4 is 5.32 Å². The molecule has 0 radical (unpaired) electrons. The fraction of sp³-hybridized carbons (Fsp3) is 0.969. The second-order valence-corrected chi connectivity index (χ2v) is 17.3. The molecule has 5 unspecified atom stereocenters. The van der Waals surface area contributed by atoms with Crippen LogP contribution in [0.4, 0.5) is 0 Å². The van der Waals surface area contributed by atoms with E-state index in [9.17, 15) is 28.5 Å². The third-order valence-electron chi connectivity index (χ3n) is 12.8. The van der Waals surface area contributed by atoms with Gasteiger partial charge in [-0.3, -0.25) is 9.35 Å². The van der Waals surface area contributed by atoms with Crippen LogP contribution in [0.5, 0.6) is 0 Å². The molecule has 10 heteroatoms. The fourth-order valence-corrected chi connectivity index (χ4v) is 10.8. The summed E-state index contributed by atoms with van der Waals surface area (Å²) in [7, 11) is 0.114. The number of nitrogens with zero attached hydrogens (tertiary/aromatic N) is 1. The molecule has 0 aliphatic heterocycles. The molecule has 0 saturated heterocycles. The van der Waals surface area contributed by atoms with E-state index >= 15 is 0 Å². The predicted molar refractivity (Wildman–Crippen MR) is 163 cm³/mol. The number of nitrogens with one attached hydrogen (secondary N) is 1. The highest BCUT2D eigenvalue weighted by Gasteiger charge is 2.65. The average Bonchev–Trinajstić information content (AvgIpc) is 3.24. The maximum Gasteiger partial charge on any atom is 0.265 e. The van der Waals surface area contributed by atoms with E-state index in [1.54, 1.807) is 0 Å². The van der Waals surface area contributed by atoms with Crippen molar-refractivity contribution in [1.29, 1.82) is 0 Å². The van der Waals surface area contributed by atoms with Crippen LogP contribution >= 0.6 is 0 Å². The Bertz CT molecular complexity index is 1050. The topological polar surface area (TPSA) is 144 Å². The molecule has 0 bridgehead atoms. The number of carbonyl (C=O) groups excluding carboxylic acids is 1. The summed E-state index contributed by atoms with van der Waals surface area (Å²) in [5, 5.41) is 36.6. The molecular formula is C32H59N2O7S+. The summed E-state index contributed by atoms with van der Waals surface area (Å²) in [5.41, 5.74) is -0.185. The third kappa shape index (κ3) is 7.20. The quantitative estimate of drug-likeness (QED) is 0.129. The van der Waals surface area contributed by atoms with Gasteiger partial charge in [-0.05, 0) is 97.7 Å². The Morgan fingerprint density at radius 3 is 2.38 bits per heavy atom. The number of hydrogen-bond acceptors (Lipinski definition) is 6. The zero-order valence-electron chi connectivity index (χ0n) is 26.7. The first kappa shape index (κ1) is 34.1. The summed E-state index contributed by atoms with van der Waals surface area (Å²) < 4.78 is 31.5. The van der Waals surface area contributed by atoms with Crippen LogP contribution in [0.3, 0.4) is 0 Å². The lowest BCUT2D eigenvalue weighted by atomic mass is 9.43. The molecular weight excluding hydrogens is 556 g/mol. The average molecular weight is 616 g/mol. The number of aliphatic hydroxyl groups is 3. The fourth-order valence-electron chi connectivity index (χ4n) is 10.3. The molecule has 0 heterocycles. The normalized spacial score (nSPS) is 41.0. The van der Waals surface area contributed by atoms with E-state index in [-0.39, 0.29) is 52.5 Å². The molecule has 0 aromatic heterocycles. The van der Waals surface area contributed by atoms with E-state index in [0.717, 1.165) is 64.3 Å². The van der Waals surface area contributed by atoms with E-state index in [0.29, 0.717) is 48.2 Å². The molecule has 244 valence electrons. The Kier molecular flexibility index (Phi) is 10.5. The Balaban J connectivity index is 1.27. The maximum atomic E-state index is 12.7. The van der Waals surface area contributed by atoms with Crippen LogP contribution in [-0.4, -0.2) is 96.5 Å². The van der Waals surface area contributed by atoms with Crippen LogP contribution in [0.25, 0.3) is 0 Å². The van der Waals surface area contributed by atoms with Crippen LogP contribution in [-0.2, 0) is 14.9 Å². The van der Waals surface area contributed by atoms with Gasteiger partial charge >= 0.3 is 0 Å². The summed E-state index contributed by atoms with van der Waals surface area (Å²) in [6, 6.07) is 0. The maximum absolute atomic E-state index is 12.7. The molecule has 0 aromatic rings. The zero-order valence-corrected chi connectivity index (χ0v) is 27.5. The van der Waals surface area contributed by atoms with Crippen LogP contribution in [0, 0.1) is 46.3 Å². The lowest BCUT2D eigenvalue weighted by Gasteiger charge is -2.63. The van der Waals surface area contributed by atoms with Crippen LogP contribution in [0.15, 0.2) is 0 Å². The van der Waals surface area contributed by atoms with Crippen molar-refractivity contribution >= 4 is 16.0 Å². The number of amides is 1. The molecule has 11 atom stereocenters. The predicted octanol–water partition coefficient (Wildman–Crippen LogP) is 3.22. The SMILES string of the molecule is C[C@H](CCC(=O)NCCC[N+](C)(C)CCCS(=O)(=O)O)[C@H]1CCC2C3C(O)CC4C[C@H](O)CC[C@]4(C)C3C[C@H](O)[C@@]21C. The second kappa shape index (κ2) is 12.9. The van der Waals surface area contributed by atoms with E-state index in [4.69, 9.17) is 4.55 Å². The summed E-state index contributed by atoms with van der Waals surface area (Å²) in [6.07, 6.45) is 7.47. The van der Waals surface area contributed by atoms with Gasteiger partial charge in [0.05, 0.1) is 51.2 Å². The first-order valence-electron chi connectivity index (χ1n) is 16.6. The first-order chi connectivity index (χ1) is 19.5. The standard InChI is InChI=1S/C32H58N2O7S/c1-21(8-11-29(38)33-14-6-15-34(4,5)16-7-17-42(39,40)41)24-9-10-25-30-26(20-28(37)32(24,25)3)31(2)13-12-23(35)18-22(31)19-27(30)36/h21-28,30,35-37H,6-20H2,1-5H3,(H-,33,38,39,40,41)/p+1/t21-,22?,23-,24-,25?,26?,27?,28+,30?,31+,32-/m1/s1. The van der Waals surface area contributed by atoms with Gasteiger partial charge in [0.2, 0.25) is 5.91 Å². The Hall–Kier alpha value is -0.780. The van der Waals surface area contributed by atoms with E-state index in [1.165, 1.54) is 0 Å². The van der Waals surface area contributed by atoms with Gasteiger partial charge in [0, 0.05) is 25.8 Å². The molecule has 4 aliphatic carbocycles. The third-order valence-corrected chi connectivity index (χ3v) is 13.6. The lowest BCUT2D eigenvalue weighted by Crippen LogP contribution is -2.62. The van der Waals surface area contributed by atoms with Gasteiger partial charge in [0.15, 0.2) is 0 Å². The largest absolute Gasteiger partial charge is 0.393 e. The van der Waals surface area contributed by atoms with Gasteiger partial charge in [0.1, 0.15) is 0 Å². The zero-order chi connectivity index (χ0) is 31.1. The van der Waals surface area contributed by atoms with Gasteiger partial charge < -0.3 is 25.1 Å². The summed E-state index contributed by atoms with van der Waals surface area (Å²) in [4.78, 5) is 12.7. The molecule has 1 amide bonds. The van der Waals surface area contributed by atoms with Crippen molar-refractivity contribution in [2.45, 2.75) is 110 Å². The van der Waals surface area contributed by atoms with Crippen molar-refractivity contribution < 1.29 is 37.6 Å². The first-order valence-corrected chi connectivity index (χ1v) is 18.2. The van der Waals surface area contributed by atoms with E-state index in [2.05, 4.69) is 26.1 Å². The highest BCUT2D eigenvalue weighted by atomic mass is 32.2. The van der Waals surface area contributed by atoms with Gasteiger partial charge in [0.25, 0.3) is 10.1 Å². The lowest BCUT2D eigenvalue weighted by molar-refractivity contribution is -0.890. The van der Waals surface area contributed by atoms with Crippen molar-refractivity contribution in [3.05, 3.63) is 0 Å². The molecule has 4 aliphatic rings. The van der Waals surface area contributed by atoms with Crippen molar-refractivity contribution in [2.24, 2.45) is 46.3 Å². The molecule has 4 rings (SSSR count). The number of quaternary nitrogens is 1. The van der Waals surface area contributed by atoms with E-state index in [1.807, 2.05) is 14.1 Å². The Morgan fingerprint density at radius 2 is 1.69 bits per heavy atom. The van der Waals surface area contributed by atoms with Gasteiger partial charge in [-0.15, -0.1) is 0 Å². The summed E-state index contributed by atoms with van der Waals surface area (Å²) in [6.45, 7) is 8.87. The number of fused-ring (bicyclic) bond motifs is 5. The van der Waals surface area contributed by atoms with Crippen molar-refractivity contribution in [1.82, 2.24) is 5.32 Å². The number of aliphatic hydroxyl groups excluding tert-OH is 3. The number of carbonyl (C=O) groups is 1. The van der Waals surface area contributed by atoms with E-state index < -0.39 is 16.2 Å². The van der Waals surface area contributed by atoms with Gasteiger partial charge in [-0.25, -0.2) is 0 Å². The molecule has 0 aromatic carbocycles. The molecule has 9 nitrogen and oxygen atoms in total. The minimum atomic E-state index is -3.93. The molecule has 42 heavy (non-hydrogen) atoms. The Labute approximate surface area is 254 Å². The molecule has 5 N–H and O–H groups in total. The minimum Gasteiger partial charge on any atom is -0.393 e. The van der Waals surface area contributed by atoms with Crippen LogP contribution in [0.2, 0.25) is 0 Å². The second-order valence-electron chi connectivity index (χ2n) is 15.8. The molecule has 0 spiro atoms. The number of rotatable bonds is 12. The number of hydrogen-bond donors (Lipinski definition) is 5. The van der Waals surface area contributed by atoms with Crippen molar-refractivity contribution in [2.75, 3.05) is 39.5 Å². The molecule has 4 saturated carbocycles. The van der Waals surface area contributed by atoms with Crippen molar-refractivity contribution in [3.63, 3.8) is 0 Å². The molecule has 4 fully saturated rings. The summed E-state index contributed by atoms with van der Waals surface area (Å²) >= 11 is 0. The Morgan fingerprint density at radius 1 is 1.00 bits per heavy atom. The van der Waals surface area contributed by atoms with Crippen molar-refractivity contribution in [3.8, 4) is 0 Å². The smallest absolute Gasteiger partial charge is 0.265 e. The highest BCUT2D eigenvalue weighted by Crippen LogP contribution is 2.68. The minimum absolute atomic E-state index is 0.0450. The highest BCUT2D eigenvalue weighted by molar-refractivity contribution is 7.85. The summed E-state index contributed by atoms with van der Waals surface area (Å²) in [5.74, 6) is 1.52. The van der Waals surface area contributed by atoms with Gasteiger partial charge in [-0.2, -0.15) is 8.42 Å².